The summed E-state index contributed by atoms with van der Waals surface area (Å²) in [5.74, 6) is -0.725. The Labute approximate surface area is 210 Å². The number of carboxylic acid groups (broad SMARTS) is 1. The second-order valence-electron chi connectivity index (χ2n) is 9.06. The number of ether oxygens (including phenoxy) is 1. The normalized spacial score (nSPS) is 19.2. The van der Waals surface area contributed by atoms with Crippen LogP contribution in [0, 0.1) is 5.92 Å². The van der Waals surface area contributed by atoms with Crippen molar-refractivity contribution in [2.24, 2.45) is 5.92 Å². The Kier molecular flexibility index (Phi) is 8.69. The number of carbonyl (C=O) groups is 3. The first-order chi connectivity index (χ1) is 17.0. The fraction of sp³-hybridized carbons (Fsp3) is 0.444. The van der Waals surface area contributed by atoms with Gasteiger partial charge in [-0.25, -0.2) is 4.79 Å². The minimum Gasteiger partial charge on any atom is -0.481 e. The van der Waals surface area contributed by atoms with Crippen LogP contribution in [0.25, 0.3) is 11.1 Å². The van der Waals surface area contributed by atoms with Crippen LogP contribution in [-0.4, -0.2) is 53.8 Å². The predicted octanol–water partition coefficient (Wildman–Crippen LogP) is 4.41. The van der Waals surface area contributed by atoms with Crippen LogP contribution in [-0.2, 0) is 14.3 Å². The number of alkyl carbamates (subject to hydrolysis) is 1. The zero-order valence-corrected chi connectivity index (χ0v) is 20.5. The molecule has 8 heteroatoms. The van der Waals surface area contributed by atoms with E-state index in [0.717, 1.165) is 36.8 Å². The molecule has 0 bridgehead atoms. The van der Waals surface area contributed by atoms with Crippen molar-refractivity contribution < 1.29 is 24.2 Å². The molecule has 0 saturated heterocycles. The first-order valence-corrected chi connectivity index (χ1v) is 13.4. The van der Waals surface area contributed by atoms with Crippen LogP contribution in [0.5, 0.6) is 0 Å². The van der Waals surface area contributed by atoms with Gasteiger partial charge in [-0.3, -0.25) is 9.59 Å². The van der Waals surface area contributed by atoms with E-state index in [-0.39, 0.29) is 36.1 Å². The molecule has 2 atom stereocenters. The van der Waals surface area contributed by atoms with Gasteiger partial charge in [0.05, 0.1) is 11.7 Å². The SMILES string of the molecule is O=C(O)CSCCNC(=O)[C@H]1CCCCC[C@H]1NC(=O)OCC1c2ccccc2-c2ccccc21. The van der Waals surface area contributed by atoms with Crippen molar-refractivity contribution >= 4 is 29.7 Å². The molecule has 0 aromatic heterocycles. The van der Waals surface area contributed by atoms with Crippen molar-refractivity contribution in [1.82, 2.24) is 10.6 Å². The second kappa shape index (κ2) is 12.1. The lowest BCUT2D eigenvalue weighted by Gasteiger charge is -2.25. The molecule has 35 heavy (non-hydrogen) atoms. The van der Waals surface area contributed by atoms with E-state index in [2.05, 4.69) is 34.9 Å². The Morgan fingerprint density at radius 1 is 0.943 bits per heavy atom. The summed E-state index contributed by atoms with van der Waals surface area (Å²) in [6, 6.07) is 16.1. The fourth-order valence-corrected chi connectivity index (χ4v) is 5.69. The summed E-state index contributed by atoms with van der Waals surface area (Å²) in [6.45, 7) is 0.648. The quantitative estimate of drug-likeness (QED) is 0.351. The maximum atomic E-state index is 12.9. The van der Waals surface area contributed by atoms with Gasteiger partial charge in [-0.15, -0.1) is 11.8 Å². The monoisotopic (exact) mass is 496 g/mol. The van der Waals surface area contributed by atoms with Crippen molar-refractivity contribution in [3.8, 4) is 11.1 Å². The Balaban J connectivity index is 1.33. The molecular weight excluding hydrogens is 464 g/mol. The van der Waals surface area contributed by atoms with Crippen molar-refractivity contribution in [1.29, 1.82) is 0 Å². The molecule has 2 aliphatic rings. The Bertz CT molecular complexity index is 1010. The summed E-state index contributed by atoms with van der Waals surface area (Å²) >= 11 is 1.27. The Morgan fingerprint density at radius 3 is 2.29 bits per heavy atom. The molecule has 2 aromatic rings. The second-order valence-corrected chi connectivity index (χ2v) is 10.2. The Morgan fingerprint density at radius 2 is 1.60 bits per heavy atom. The number of aliphatic carboxylic acids is 1. The van der Waals surface area contributed by atoms with Gasteiger partial charge in [0.15, 0.2) is 0 Å². The van der Waals surface area contributed by atoms with Crippen molar-refractivity contribution in [3.63, 3.8) is 0 Å². The first-order valence-electron chi connectivity index (χ1n) is 12.2. The fourth-order valence-electron chi connectivity index (χ4n) is 5.12. The number of carbonyl (C=O) groups excluding carboxylic acids is 2. The molecule has 186 valence electrons. The van der Waals surface area contributed by atoms with Gasteiger partial charge < -0.3 is 20.5 Å². The van der Waals surface area contributed by atoms with E-state index in [1.807, 2.05) is 24.3 Å². The zero-order chi connectivity index (χ0) is 24.6. The van der Waals surface area contributed by atoms with E-state index in [1.54, 1.807) is 0 Å². The van der Waals surface area contributed by atoms with Crippen LogP contribution in [0.2, 0.25) is 0 Å². The lowest BCUT2D eigenvalue weighted by Crippen LogP contribution is -2.47. The molecule has 3 N–H and O–H groups in total. The molecule has 2 aromatic carbocycles. The largest absolute Gasteiger partial charge is 0.481 e. The molecule has 0 aliphatic heterocycles. The highest BCUT2D eigenvalue weighted by Gasteiger charge is 2.32. The van der Waals surface area contributed by atoms with Gasteiger partial charge in [0.1, 0.15) is 6.61 Å². The maximum absolute atomic E-state index is 12.9. The van der Waals surface area contributed by atoms with E-state index in [1.165, 1.54) is 22.9 Å². The molecule has 0 spiro atoms. The molecule has 0 radical (unpaired) electrons. The summed E-state index contributed by atoms with van der Waals surface area (Å²) < 4.78 is 5.71. The van der Waals surface area contributed by atoms with Crippen LogP contribution < -0.4 is 10.6 Å². The van der Waals surface area contributed by atoms with Crippen LogP contribution in [0.3, 0.4) is 0 Å². The maximum Gasteiger partial charge on any atom is 0.407 e. The number of hydrogen-bond acceptors (Lipinski definition) is 5. The summed E-state index contributed by atoms with van der Waals surface area (Å²) in [5.41, 5.74) is 4.68. The third-order valence-corrected chi connectivity index (χ3v) is 7.71. The summed E-state index contributed by atoms with van der Waals surface area (Å²) in [6.07, 6.45) is 3.87. The van der Waals surface area contributed by atoms with Crippen LogP contribution in [0.4, 0.5) is 4.79 Å². The number of benzene rings is 2. The average molecular weight is 497 g/mol. The first kappa shape index (κ1) is 25.1. The molecular formula is C27H32N2O5S. The van der Waals surface area contributed by atoms with Gasteiger partial charge >= 0.3 is 12.1 Å². The smallest absolute Gasteiger partial charge is 0.407 e. The van der Waals surface area contributed by atoms with E-state index < -0.39 is 12.1 Å². The van der Waals surface area contributed by atoms with Gasteiger partial charge in [-0.2, -0.15) is 0 Å². The minimum atomic E-state index is -0.863. The van der Waals surface area contributed by atoms with Crippen LogP contribution in [0.15, 0.2) is 48.5 Å². The van der Waals surface area contributed by atoms with Crippen molar-refractivity contribution in [2.75, 3.05) is 24.7 Å². The Hall–Kier alpha value is -3.00. The topological polar surface area (TPSA) is 105 Å². The lowest BCUT2D eigenvalue weighted by molar-refractivity contribution is -0.134. The molecule has 0 heterocycles. The molecule has 2 aliphatic carbocycles. The number of thioether (sulfide) groups is 1. The van der Waals surface area contributed by atoms with Gasteiger partial charge in [0, 0.05) is 24.3 Å². The molecule has 1 saturated carbocycles. The van der Waals surface area contributed by atoms with Gasteiger partial charge in [-0.05, 0) is 35.1 Å². The number of amides is 2. The highest BCUT2D eigenvalue weighted by Crippen LogP contribution is 2.44. The predicted molar refractivity (Wildman–Crippen MR) is 137 cm³/mol. The van der Waals surface area contributed by atoms with E-state index in [4.69, 9.17) is 9.84 Å². The standard InChI is InChI=1S/C27H32N2O5S/c30-25(31)17-35-15-14-28-26(32)22-12-2-1-3-13-24(22)29-27(33)34-16-23-20-10-6-4-8-18(20)19-9-5-7-11-21(19)23/h4-11,22-24H,1-3,12-17H2,(H,28,32)(H,29,33)(H,30,31)/t22-,24+/m0/s1. The molecule has 4 rings (SSSR count). The summed E-state index contributed by atoms with van der Waals surface area (Å²) in [4.78, 5) is 36.3. The van der Waals surface area contributed by atoms with Gasteiger partial charge in [0.2, 0.25) is 5.91 Å². The number of carboxylic acids is 1. The van der Waals surface area contributed by atoms with Gasteiger partial charge in [-0.1, -0.05) is 67.8 Å². The number of rotatable bonds is 9. The van der Waals surface area contributed by atoms with Gasteiger partial charge in [0.25, 0.3) is 0 Å². The van der Waals surface area contributed by atoms with Crippen molar-refractivity contribution in [3.05, 3.63) is 59.7 Å². The van der Waals surface area contributed by atoms with Crippen LogP contribution >= 0.6 is 11.8 Å². The third kappa shape index (κ3) is 6.36. The average Bonchev–Trinajstić information content (AvgIpc) is 2.98. The van der Waals surface area contributed by atoms with E-state index >= 15 is 0 Å². The number of fused-ring (bicyclic) bond motifs is 3. The zero-order valence-electron chi connectivity index (χ0n) is 19.7. The van der Waals surface area contributed by atoms with E-state index in [0.29, 0.717) is 18.7 Å². The molecule has 7 nitrogen and oxygen atoms in total. The van der Waals surface area contributed by atoms with E-state index in [9.17, 15) is 14.4 Å². The number of nitrogens with one attached hydrogen (secondary N) is 2. The minimum absolute atomic E-state index is 0.00955. The lowest BCUT2D eigenvalue weighted by atomic mass is 9.94. The highest BCUT2D eigenvalue weighted by atomic mass is 32.2. The van der Waals surface area contributed by atoms with Crippen LogP contribution in [0.1, 0.15) is 49.1 Å². The molecule has 1 fully saturated rings. The summed E-state index contributed by atoms with van der Waals surface area (Å²) in [7, 11) is 0. The van der Waals surface area contributed by atoms with Crippen molar-refractivity contribution in [2.45, 2.75) is 44.1 Å². The third-order valence-electron chi connectivity index (χ3n) is 6.77. The molecule has 2 amide bonds. The molecule has 0 unspecified atom stereocenters. The number of hydrogen-bond donors (Lipinski definition) is 3. The summed E-state index contributed by atoms with van der Waals surface area (Å²) in [5, 5.41) is 14.6. The highest BCUT2D eigenvalue weighted by molar-refractivity contribution is 7.99.